The van der Waals surface area contributed by atoms with Crippen molar-refractivity contribution in [3.8, 4) is 6.07 Å². The summed E-state index contributed by atoms with van der Waals surface area (Å²) in [5.74, 6) is 0. The maximum atomic E-state index is 8.70. The van der Waals surface area contributed by atoms with Gasteiger partial charge in [-0.1, -0.05) is 18.2 Å². The molecule has 0 radical (unpaired) electrons. The predicted molar refractivity (Wildman–Crippen MR) is 52.6 cm³/mol. The van der Waals surface area contributed by atoms with E-state index in [1.165, 1.54) is 0 Å². The van der Waals surface area contributed by atoms with Gasteiger partial charge in [-0.3, -0.25) is 0 Å². The lowest BCUT2D eigenvalue weighted by atomic mass is 9.91. The van der Waals surface area contributed by atoms with E-state index in [4.69, 9.17) is 5.26 Å². The fourth-order valence-corrected chi connectivity index (χ4v) is 0.756. The molecule has 0 saturated heterocycles. The van der Waals surface area contributed by atoms with Gasteiger partial charge in [0.1, 0.15) is 0 Å². The summed E-state index contributed by atoms with van der Waals surface area (Å²) in [6.07, 6.45) is 8.97. The Labute approximate surface area is 75.4 Å². The quantitative estimate of drug-likeness (QED) is 0.450. The molecule has 0 unspecified atom stereocenters. The number of rotatable bonds is 5. The van der Waals surface area contributed by atoms with Gasteiger partial charge in [-0.25, -0.2) is 0 Å². The normalized spacial score (nSPS) is 11.4. The average molecular weight is 163 g/mol. The molecule has 0 spiro atoms. The van der Waals surface area contributed by atoms with Crippen molar-refractivity contribution in [1.29, 1.82) is 5.26 Å². The first kappa shape index (κ1) is 11.0. The zero-order valence-electron chi connectivity index (χ0n) is 8.01. The molecule has 0 saturated carbocycles. The minimum Gasteiger partial charge on any atom is -0.198 e. The molecule has 0 aliphatic heterocycles. The maximum Gasteiger partial charge on any atom is 0.0687 e. The number of allylic oxidation sites excluding steroid dienone is 3. The first-order valence-electron chi connectivity index (χ1n) is 4.29. The Morgan fingerprint density at radius 1 is 1.33 bits per heavy atom. The zero-order valence-corrected chi connectivity index (χ0v) is 8.01. The molecule has 1 heteroatoms. The van der Waals surface area contributed by atoms with Gasteiger partial charge >= 0.3 is 0 Å². The van der Waals surface area contributed by atoms with Crippen LogP contribution in [-0.4, -0.2) is 0 Å². The molecule has 12 heavy (non-hydrogen) atoms. The first-order chi connectivity index (χ1) is 5.62. The summed E-state index contributed by atoms with van der Waals surface area (Å²) in [6, 6.07) is 2.26. The summed E-state index contributed by atoms with van der Waals surface area (Å²) >= 11 is 0. The molecule has 0 N–H and O–H groups in total. The van der Waals surface area contributed by atoms with Crippen LogP contribution < -0.4 is 0 Å². The van der Waals surface area contributed by atoms with Crippen LogP contribution >= 0.6 is 0 Å². The number of nitriles is 1. The molecule has 0 aliphatic rings. The summed E-state index contributed by atoms with van der Waals surface area (Å²) in [6.45, 7) is 7.54. The van der Waals surface area contributed by atoms with E-state index in [-0.39, 0.29) is 5.41 Å². The third-order valence-electron chi connectivity index (χ3n) is 1.63. The lowest BCUT2D eigenvalue weighted by Gasteiger charge is -2.10. The van der Waals surface area contributed by atoms with Crippen LogP contribution in [0.5, 0.6) is 0 Å². The summed E-state index contributed by atoms with van der Waals surface area (Å²) in [5, 5.41) is 8.70. The number of hydrogen-bond donors (Lipinski definition) is 0. The second kappa shape index (κ2) is 5.60. The molecule has 0 fully saturated rings. The highest BCUT2D eigenvalue weighted by Crippen LogP contribution is 2.18. The molecular weight excluding hydrogens is 146 g/mol. The van der Waals surface area contributed by atoms with Gasteiger partial charge in [-0.05, 0) is 33.1 Å². The lowest BCUT2D eigenvalue weighted by Crippen LogP contribution is -2.04. The Kier molecular flexibility index (Phi) is 5.12. The zero-order chi connectivity index (χ0) is 9.45. The highest BCUT2D eigenvalue weighted by molar-refractivity contribution is 4.98. The molecule has 66 valence electrons. The van der Waals surface area contributed by atoms with E-state index in [0.717, 1.165) is 19.3 Å². The Morgan fingerprint density at radius 3 is 2.50 bits per heavy atom. The largest absolute Gasteiger partial charge is 0.198 e. The van der Waals surface area contributed by atoms with Crippen molar-refractivity contribution in [2.75, 3.05) is 0 Å². The molecule has 1 nitrogen and oxygen atoms in total. The monoisotopic (exact) mass is 163 g/mol. The van der Waals surface area contributed by atoms with Crippen molar-refractivity contribution in [3.05, 3.63) is 24.8 Å². The molecule has 0 rings (SSSR count). The smallest absolute Gasteiger partial charge is 0.0687 e. The molecular formula is C11H17N. The van der Waals surface area contributed by atoms with Gasteiger partial charge in [-0.2, -0.15) is 5.26 Å². The maximum absolute atomic E-state index is 8.70. The van der Waals surface area contributed by atoms with Crippen LogP contribution in [0.4, 0.5) is 0 Å². The minimum absolute atomic E-state index is 0.218. The summed E-state index contributed by atoms with van der Waals surface area (Å²) in [7, 11) is 0. The van der Waals surface area contributed by atoms with Gasteiger partial charge in [-0.15, -0.1) is 6.58 Å². The van der Waals surface area contributed by atoms with Crippen LogP contribution in [0, 0.1) is 16.7 Å². The topological polar surface area (TPSA) is 23.8 Å². The van der Waals surface area contributed by atoms with Crippen molar-refractivity contribution in [1.82, 2.24) is 0 Å². The van der Waals surface area contributed by atoms with Crippen molar-refractivity contribution >= 4 is 0 Å². The standard InChI is InChI=1S/C11H17N/c1-4-5-6-7-8-9-11(2,3)10-12/h4,7-8H,1,5-6,9H2,2-3H3/b8-7+. The van der Waals surface area contributed by atoms with Gasteiger partial charge in [0.25, 0.3) is 0 Å². The molecule has 0 aromatic heterocycles. The Hall–Kier alpha value is -1.03. The fourth-order valence-electron chi connectivity index (χ4n) is 0.756. The molecule has 0 aliphatic carbocycles. The molecule has 0 aromatic rings. The van der Waals surface area contributed by atoms with E-state index < -0.39 is 0 Å². The van der Waals surface area contributed by atoms with Gasteiger partial charge in [0.2, 0.25) is 0 Å². The number of nitrogens with zero attached hydrogens (tertiary/aromatic N) is 1. The van der Waals surface area contributed by atoms with Crippen LogP contribution in [0.15, 0.2) is 24.8 Å². The van der Waals surface area contributed by atoms with E-state index in [2.05, 4.69) is 24.8 Å². The van der Waals surface area contributed by atoms with E-state index in [0.29, 0.717) is 0 Å². The van der Waals surface area contributed by atoms with Crippen LogP contribution in [0.2, 0.25) is 0 Å². The summed E-state index contributed by atoms with van der Waals surface area (Å²) < 4.78 is 0. The highest BCUT2D eigenvalue weighted by Gasteiger charge is 2.13. The van der Waals surface area contributed by atoms with E-state index in [1.807, 2.05) is 19.9 Å². The SMILES string of the molecule is C=CCC/C=C/CC(C)(C)C#N. The van der Waals surface area contributed by atoms with Crippen molar-refractivity contribution < 1.29 is 0 Å². The van der Waals surface area contributed by atoms with Crippen molar-refractivity contribution in [3.63, 3.8) is 0 Å². The van der Waals surface area contributed by atoms with E-state index >= 15 is 0 Å². The van der Waals surface area contributed by atoms with Gasteiger partial charge in [0, 0.05) is 0 Å². The van der Waals surface area contributed by atoms with Gasteiger partial charge in [0.15, 0.2) is 0 Å². The highest BCUT2D eigenvalue weighted by atomic mass is 14.3. The van der Waals surface area contributed by atoms with Crippen LogP contribution in [-0.2, 0) is 0 Å². The van der Waals surface area contributed by atoms with E-state index in [9.17, 15) is 0 Å². The molecule has 0 amide bonds. The van der Waals surface area contributed by atoms with Crippen LogP contribution in [0.3, 0.4) is 0 Å². The second-order valence-electron chi connectivity index (χ2n) is 3.54. The van der Waals surface area contributed by atoms with Crippen molar-refractivity contribution in [2.24, 2.45) is 5.41 Å². The average Bonchev–Trinajstić information content (AvgIpc) is 2.04. The second-order valence-corrected chi connectivity index (χ2v) is 3.54. The summed E-state index contributed by atoms with van der Waals surface area (Å²) in [4.78, 5) is 0. The Balaban J connectivity index is 3.61. The van der Waals surface area contributed by atoms with E-state index in [1.54, 1.807) is 0 Å². The van der Waals surface area contributed by atoms with Gasteiger partial charge in [0.05, 0.1) is 11.5 Å². The molecule has 0 aromatic carbocycles. The first-order valence-corrected chi connectivity index (χ1v) is 4.29. The predicted octanol–water partition coefficient (Wildman–Crippen LogP) is 3.45. The van der Waals surface area contributed by atoms with Crippen LogP contribution in [0.1, 0.15) is 33.1 Å². The molecule has 0 heterocycles. The summed E-state index contributed by atoms with van der Waals surface area (Å²) in [5.41, 5.74) is -0.218. The lowest BCUT2D eigenvalue weighted by molar-refractivity contribution is 0.504. The molecule has 0 bridgehead atoms. The Morgan fingerprint density at radius 2 is 2.00 bits per heavy atom. The molecule has 0 atom stereocenters. The number of unbranched alkanes of at least 4 members (excludes halogenated alkanes) is 1. The van der Waals surface area contributed by atoms with Gasteiger partial charge < -0.3 is 0 Å². The van der Waals surface area contributed by atoms with Crippen molar-refractivity contribution in [2.45, 2.75) is 33.1 Å². The fraction of sp³-hybridized carbons (Fsp3) is 0.545. The van der Waals surface area contributed by atoms with Crippen LogP contribution in [0.25, 0.3) is 0 Å². The number of hydrogen-bond acceptors (Lipinski definition) is 1. The third-order valence-corrected chi connectivity index (χ3v) is 1.63. The Bertz CT molecular complexity index is 194. The minimum atomic E-state index is -0.218. The third kappa shape index (κ3) is 5.73.